The molecule has 0 aliphatic rings. The Morgan fingerprint density at radius 3 is 0.939 bits per heavy atom. The molecule has 0 radical (unpaired) electrons. The molecular formula is C60H106O6. The van der Waals surface area contributed by atoms with Gasteiger partial charge in [-0.05, 0) is 70.6 Å². The van der Waals surface area contributed by atoms with Crippen LogP contribution in [-0.4, -0.2) is 37.2 Å². The van der Waals surface area contributed by atoms with Crippen molar-refractivity contribution in [2.45, 2.75) is 290 Å². The summed E-state index contributed by atoms with van der Waals surface area (Å²) >= 11 is 0. The van der Waals surface area contributed by atoms with Crippen LogP contribution in [-0.2, 0) is 28.6 Å². The highest BCUT2D eigenvalue weighted by molar-refractivity contribution is 5.71. The van der Waals surface area contributed by atoms with Crippen molar-refractivity contribution in [1.82, 2.24) is 0 Å². The quantitative estimate of drug-likeness (QED) is 0.0199. The highest BCUT2D eigenvalue weighted by Crippen LogP contribution is 2.16. The summed E-state index contributed by atoms with van der Waals surface area (Å²) < 4.78 is 16.8. The number of carbonyl (C=O) groups excluding carboxylic acids is 3. The molecule has 0 spiro atoms. The lowest BCUT2D eigenvalue weighted by molar-refractivity contribution is -0.167. The third-order valence-electron chi connectivity index (χ3n) is 12.3. The van der Waals surface area contributed by atoms with Crippen molar-refractivity contribution in [3.8, 4) is 0 Å². The lowest BCUT2D eigenvalue weighted by Gasteiger charge is -2.18. The van der Waals surface area contributed by atoms with Crippen molar-refractivity contribution in [3.63, 3.8) is 0 Å². The van der Waals surface area contributed by atoms with E-state index in [0.717, 1.165) is 83.5 Å². The highest BCUT2D eigenvalue weighted by atomic mass is 16.6. The normalized spacial score (nSPS) is 12.5. The van der Waals surface area contributed by atoms with Gasteiger partial charge in [0.1, 0.15) is 13.2 Å². The van der Waals surface area contributed by atoms with Crippen molar-refractivity contribution in [3.05, 3.63) is 60.8 Å². The van der Waals surface area contributed by atoms with Crippen LogP contribution in [0.1, 0.15) is 284 Å². The van der Waals surface area contributed by atoms with Crippen LogP contribution in [0.4, 0.5) is 0 Å². The zero-order valence-corrected chi connectivity index (χ0v) is 43.7. The van der Waals surface area contributed by atoms with E-state index in [9.17, 15) is 14.4 Å². The fraction of sp³-hybridized carbons (Fsp3) is 0.783. The van der Waals surface area contributed by atoms with E-state index in [1.807, 2.05) is 0 Å². The maximum absolute atomic E-state index is 12.8. The molecule has 0 aromatic rings. The molecule has 0 heterocycles. The maximum Gasteiger partial charge on any atom is 0.306 e. The fourth-order valence-corrected chi connectivity index (χ4v) is 8.04. The van der Waals surface area contributed by atoms with Gasteiger partial charge in [0.25, 0.3) is 0 Å². The Bertz CT molecular complexity index is 1200. The van der Waals surface area contributed by atoms with Gasteiger partial charge >= 0.3 is 17.9 Å². The molecule has 0 aromatic heterocycles. The molecule has 0 N–H and O–H groups in total. The van der Waals surface area contributed by atoms with Crippen LogP contribution in [0.5, 0.6) is 0 Å². The summed E-state index contributed by atoms with van der Waals surface area (Å²) in [6, 6.07) is 0. The zero-order chi connectivity index (χ0) is 47.9. The molecule has 6 heteroatoms. The van der Waals surface area contributed by atoms with Gasteiger partial charge in [0, 0.05) is 19.3 Å². The molecule has 0 amide bonds. The first kappa shape index (κ1) is 63.1. The molecule has 6 nitrogen and oxygen atoms in total. The van der Waals surface area contributed by atoms with E-state index >= 15 is 0 Å². The van der Waals surface area contributed by atoms with Gasteiger partial charge in [-0.3, -0.25) is 14.4 Å². The first-order valence-corrected chi connectivity index (χ1v) is 28.3. The molecule has 0 fully saturated rings. The van der Waals surface area contributed by atoms with Crippen molar-refractivity contribution in [2.75, 3.05) is 13.2 Å². The average Bonchev–Trinajstić information content (AvgIpc) is 3.31. The fourth-order valence-electron chi connectivity index (χ4n) is 8.04. The summed E-state index contributed by atoms with van der Waals surface area (Å²) in [5.74, 6) is -0.898. The smallest absolute Gasteiger partial charge is 0.306 e. The Morgan fingerprint density at radius 1 is 0.303 bits per heavy atom. The van der Waals surface area contributed by atoms with Crippen LogP contribution in [0.15, 0.2) is 60.8 Å². The zero-order valence-electron chi connectivity index (χ0n) is 43.7. The summed E-state index contributed by atoms with van der Waals surface area (Å²) in [6.07, 6.45) is 67.7. The second-order valence-corrected chi connectivity index (χ2v) is 18.9. The van der Waals surface area contributed by atoms with Crippen molar-refractivity contribution in [1.29, 1.82) is 0 Å². The molecule has 0 aliphatic heterocycles. The number of hydrogen-bond donors (Lipinski definition) is 0. The van der Waals surface area contributed by atoms with E-state index in [0.29, 0.717) is 19.3 Å². The van der Waals surface area contributed by atoms with Gasteiger partial charge in [0.05, 0.1) is 0 Å². The van der Waals surface area contributed by atoms with Gasteiger partial charge in [-0.1, -0.05) is 255 Å². The van der Waals surface area contributed by atoms with Crippen molar-refractivity contribution in [2.24, 2.45) is 0 Å². The van der Waals surface area contributed by atoms with Gasteiger partial charge in [0.15, 0.2) is 6.10 Å². The highest BCUT2D eigenvalue weighted by Gasteiger charge is 2.19. The van der Waals surface area contributed by atoms with Crippen LogP contribution >= 0.6 is 0 Å². The summed E-state index contributed by atoms with van der Waals surface area (Å²) in [5.41, 5.74) is 0. The Kier molecular flexibility index (Phi) is 52.3. The van der Waals surface area contributed by atoms with Gasteiger partial charge in [-0.15, -0.1) is 0 Å². The van der Waals surface area contributed by atoms with E-state index in [1.54, 1.807) is 0 Å². The topological polar surface area (TPSA) is 78.9 Å². The Balaban J connectivity index is 4.42. The predicted octanol–water partition coefficient (Wildman–Crippen LogP) is 18.8. The van der Waals surface area contributed by atoms with Gasteiger partial charge < -0.3 is 14.2 Å². The van der Waals surface area contributed by atoms with E-state index in [1.165, 1.54) is 161 Å². The molecule has 382 valence electrons. The molecule has 1 unspecified atom stereocenters. The third-order valence-corrected chi connectivity index (χ3v) is 12.3. The number of allylic oxidation sites excluding steroid dienone is 10. The number of ether oxygens (including phenoxy) is 3. The monoisotopic (exact) mass is 923 g/mol. The van der Waals surface area contributed by atoms with Crippen LogP contribution in [0.25, 0.3) is 0 Å². The van der Waals surface area contributed by atoms with Crippen LogP contribution in [0, 0.1) is 0 Å². The lowest BCUT2D eigenvalue weighted by Crippen LogP contribution is -2.30. The average molecular weight is 924 g/mol. The van der Waals surface area contributed by atoms with Gasteiger partial charge in [0.2, 0.25) is 0 Å². The largest absolute Gasteiger partial charge is 0.462 e. The second-order valence-electron chi connectivity index (χ2n) is 18.9. The molecular weight excluding hydrogens is 817 g/mol. The summed E-state index contributed by atoms with van der Waals surface area (Å²) in [6.45, 7) is 6.59. The van der Waals surface area contributed by atoms with Gasteiger partial charge in [-0.25, -0.2) is 0 Å². The number of unbranched alkanes of at least 4 members (excludes halogenated alkanes) is 33. The third kappa shape index (κ3) is 52.1. The van der Waals surface area contributed by atoms with Crippen molar-refractivity contribution < 1.29 is 28.6 Å². The van der Waals surface area contributed by atoms with E-state index in [2.05, 4.69) is 81.5 Å². The SMILES string of the molecule is CCCCC\C=C/C=C\C=C/C=C\CCCCCCCC(=O)OCC(COC(=O)CCCCCCCCCCCCCCCCC)OC(=O)CCCCCCCCC/C=C\CCCCCC. The molecule has 0 saturated carbocycles. The Morgan fingerprint density at radius 2 is 0.561 bits per heavy atom. The summed E-state index contributed by atoms with van der Waals surface area (Å²) in [5, 5.41) is 0. The maximum atomic E-state index is 12.8. The number of esters is 3. The summed E-state index contributed by atoms with van der Waals surface area (Å²) in [7, 11) is 0. The minimum Gasteiger partial charge on any atom is -0.462 e. The first-order chi connectivity index (χ1) is 32.5. The molecule has 0 saturated heterocycles. The standard InChI is InChI=1S/C60H106O6/c1-4-7-10-13-16-19-22-25-28-29-30-33-35-38-41-44-47-50-53-59(62)65-56-57(66-60(63)54-51-48-45-42-39-36-32-27-24-21-18-15-12-9-6-3)55-64-58(61)52-49-46-43-40-37-34-31-26-23-20-17-14-11-8-5-2/h16,19,21-22,24-25,28-30,33,57H,4-15,17-18,20,23,26-27,31-32,34-56H2,1-3H3/b19-16-,24-21-,25-22-,29-28-,33-30-. The minimum atomic E-state index is -0.784. The van der Waals surface area contributed by atoms with Crippen LogP contribution < -0.4 is 0 Å². The molecule has 66 heavy (non-hydrogen) atoms. The first-order valence-electron chi connectivity index (χ1n) is 28.3. The molecule has 0 aliphatic carbocycles. The Hall–Kier alpha value is -2.89. The number of rotatable bonds is 51. The van der Waals surface area contributed by atoms with E-state index in [4.69, 9.17) is 14.2 Å². The van der Waals surface area contributed by atoms with Crippen LogP contribution in [0.2, 0.25) is 0 Å². The van der Waals surface area contributed by atoms with Crippen LogP contribution in [0.3, 0.4) is 0 Å². The number of hydrogen-bond acceptors (Lipinski definition) is 6. The molecule has 0 aromatic carbocycles. The molecule has 0 bridgehead atoms. The van der Waals surface area contributed by atoms with E-state index < -0.39 is 6.10 Å². The predicted molar refractivity (Wildman–Crippen MR) is 284 cm³/mol. The van der Waals surface area contributed by atoms with Crippen molar-refractivity contribution >= 4 is 17.9 Å². The molecule has 1 atom stereocenters. The van der Waals surface area contributed by atoms with Gasteiger partial charge in [-0.2, -0.15) is 0 Å². The lowest BCUT2D eigenvalue weighted by atomic mass is 10.0. The number of carbonyl (C=O) groups is 3. The second kappa shape index (κ2) is 54.7. The summed E-state index contributed by atoms with van der Waals surface area (Å²) in [4.78, 5) is 38.1. The van der Waals surface area contributed by atoms with E-state index in [-0.39, 0.29) is 31.1 Å². The Labute approximate surface area is 409 Å². The molecule has 0 rings (SSSR count). The minimum absolute atomic E-state index is 0.0812.